The van der Waals surface area contributed by atoms with Crippen molar-refractivity contribution in [3.05, 3.63) is 39.1 Å². The van der Waals surface area contributed by atoms with Crippen LogP contribution in [0, 0.1) is 0 Å². The van der Waals surface area contributed by atoms with Gasteiger partial charge >= 0.3 is 0 Å². The van der Waals surface area contributed by atoms with Crippen molar-refractivity contribution in [2.24, 2.45) is 5.73 Å². The molecule has 0 spiro atoms. The summed E-state index contributed by atoms with van der Waals surface area (Å²) in [6.45, 7) is 2.07. The molecule has 1 aromatic heterocycles. The Kier molecular flexibility index (Phi) is 3.74. The Morgan fingerprint density at radius 3 is 2.69 bits per heavy atom. The van der Waals surface area contributed by atoms with E-state index >= 15 is 0 Å². The van der Waals surface area contributed by atoms with Crippen LogP contribution in [0.25, 0.3) is 11.3 Å². The van der Waals surface area contributed by atoms with Crippen molar-refractivity contribution in [1.29, 1.82) is 0 Å². The third-order valence-electron chi connectivity index (χ3n) is 2.42. The molecule has 16 heavy (non-hydrogen) atoms. The van der Waals surface area contributed by atoms with Crippen molar-refractivity contribution in [3.63, 3.8) is 0 Å². The molecular formula is C12H13BrN2S. The molecule has 0 saturated carbocycles. The van der Waals surface area contributed by atoms with E-state index in [2.05, 4.69) is 45.4 Å². The highest BCUT2D eigenvalue weighted by Gasteiger charge is 2.09. The molecule has 0 amide bonds. The molecule has 2 aromatic rings. The van der Waals surface area contributed by atoms with Crippen LogP contribution in [0.5, 0.6) is 0 Å². The first kappa shape index (κ1) is 11.8. The summed E-state index contributed by atoms with van der Waals surface area (Å²) in [6, 6.07) is 8.22. The molecule has 1 atom stereocenters. The maximum atomic E-state index is 5.95. The van der Waals surface area contributed by atoms with E-state index in [1.165, 1.54) is 0 Å². The summed E-state index contributed by atoms with van der Waals surface area (Å²) < 4.78 is 1.08. The van der Waals surface area contributed by atoms with Crippen LogP contribution in [0.2, 0.25) is 0 Å². The number of rotatable bonds is 3. The SMILES string of the molecule is CCC(N)c1nc(-c2ccc(Br)cc2)cs1. The van der Waals surface area contributed by atoms with Gasteiger partial charge in [-0.05, 0) is 18.6 Å². The van der Waals surface area contributed by atoms with Crippen LogP contribution in [0.1, 0.15) is 24.4 Å². The molecule has 2 nitrogen and oxygen atoms in total. The predicted octanol–water partition coefficient (Wildman–Crippen LogP) is 3.98. The second kappa shape index (κ2) is 5.08. The first-order valence-electron chi connectivity index (χ1n) is 5.17. The lowest BCUT2D eigenvalue weighted by Crippen LogP contribution is -2.07. The van der Waals surface area contributed by atoms with Crippen molar-refractivity contribution in [1.82, 2.24) is 4.98 Å². The van der Waals surface area contributed by atoms with Gasteiger partial charge in [-0.3, -0.25) is 0 Å². The van der Waals surface area contributed by atoms with Gasteiger partial charge in [-0.2, -0.15) is 0 Å². The van der Waals surface area contributed by atoms with Gasteiger partial charge in [-0.25, -0.2) is 4.98 Å². The number of nitrogens with zero attached hydrogens (tertiary/aromatic N) is 1. The van der Waals surface area contributed by atoms with Crippen LogP contribution >= 0.6 is 27.3 Å². The van der Waals surface area contributed by atoms with Crippen LogP contribution in [0.3, 0.4) is 0 Å². The van der Waals surface area contributed by atoms with E-state index in [1.54, 1.807) is 11.3 Å². The lowest BCUT2D eigenvalue weighted by Gasteiger charge is -2.02. The summed E-state index contributed by atoms with van der Waals surface area (Å²) >= 11 is 5.05. The van der Waals surface area contributed by atoms with Crippen molar-refractivity contribution >= 4 is 27.3 Å². The minimum Gasteiger partial charge on any atom is -0.322 e. The number of nitrogens with two attached hydrogens (primary N) is 1. The predicted molar refractivity (Wildman–Crippen MR) is 72.5 cm³/mol. The summed E-state index contributed by atoms with van der Waals surface area (Å²) in [7, 11) is 0. The number of halogens is 1. The highest BCUT2D eigenvalue weighted by Crippen LogP contribution is 2.26. The van der Waals surface area contributed by atoms with Gasteiger partial charge in [-0.15, -0.1) is 11.3 Å². The summed E-state index contributed by atoms with van der Waals surface area (Å²) in [5.41, 5.74) is 8.09. The molecule has 2 N–H and O–H groups in total. The topological polar surface area (TPSA) is 38.9 Å². The highest BCUT2D eigenvalue weighted by molar-refractivity contribution is 9.10. The van der Waals surface area contributed by atoms with Crippen LogP contribution in [0.15, 0.2) is 34.1 Å². The molecular weight excluding hydrogens is 284 g/mol. The van der Waals surface area contributed by atoms with Crippen LogP contribution in [-0.2, 0) is 0 Å². The fourth-order valence-corrected chi connectivity index (χ4v) is 2.56. The molecule has 2 rings (SSSR count). The minimum absolute atomic E-state index is 0.0641. The first-order valence-corrected chi connectivity index (χ1v) is 6.85. The lowest BCUT2D eigenvalue weighted by atomic mass is 10.2. The average molecular weight is 297 g/mol. The Bertz CT molecular complexity index is 464. The fourth-order valence-electron chi connectivity index (χ4n) is 1.39. The quantitative estimate of drug-likeness (QED) is 0.930. The Labute approximate surface area is 108 Å². The third kappa shape index (κ3) is 2.51. The van der Waals surface area contributed by atoms with E-state index in [0.717, 1.165) is 27.2 Å². The zero-order valence-corrected chi connectivity index (χ0v) is 11.4. The zero-order valence-electron chi connectivity index (χ0n) is 8.98. The van der Waals surface area contributed by atoms with E-state index < -0.39 is 0 Å². The molecule has 0 bridgehead atoms. The standard InChI is InChI=1S/C12H13BrN2S/c1-2-10(14)12-15-11(7-16-12)8-3-5-9(13)6-4-8/h3-7,10H,2,14H2,1H3. The molecule has 1 aromatic carbocycles. The van der Waals surface area contributed by atoms with Gasteiger partial charge in [0.1, 0.15) is 5.01 Å². The first-order chi connectivity index (χ1) is 7.70. The van der Waals surface area contributed by atoms with Crippen LogP contribution < -0.4 is 5.73 Å². The van der Waals surface area contributed by atoms with Gasteiger partial charge < -0.3 is 5.73 Å². The van der Waals surface area contributed by atoms with Crippen LogP contribution in [0.4, 0.5) is 0 Å². The molecule has 0 aliphatic rings. The lowest BCUT2D eigenvalue weighted by molar-refractivity contribution is 0.693. The molecule has 0 fully saturated rings. The molecule has 0 aliphatic carbocycles. The van der Waals surface area contributed by atoms with E-state index in [9.17, 15) is 0 Å². The van der Waals surface area contributed by atoms with Crippen molar-refractivity contribution < 1.29 is 0 Å². The van der Waals surface area contributed by atoms with E-state index in [4.69, 9.17) is 5.73 Å². The van der Waals surface area contributed by atoms with Gasteiger partial charge in [0.15, 0.2) is 0 Å². The molecule has 0 saturated heterocycles. The molecule has 1 heterocycles. The maximum absolute atomic E-state index is 5.95. The van der Waals surface area contributed by atoms with Crippen molar-refractivity contribution in [2.45, 2.75) is 19.4 Å². The summed E-state index contributed by atoms with van der Waals surface area (Å²) in [5, 5.41) is 3.08. The Hall–Kier alpha value is -0.710. The Morgan fingerprint density at radius 2 is 2.06 bits per heavy atom. The average Bonchev–Trinajstić information content (AvgIpc) is 2.78. The van der Waals surface area contributed by atoms with E-state index in [0.29, 0.717) is 0 Å². The monoisotopic (exact) mass is 296 g/mol. The van der Waals surface area contributed by atoms with Gasteiger partial charge in [0.25, 0.3) is 0 Å². The van der Waals surface area contributed by atoms with E-state index in [1.807, 2.05) is 12.1 Å². The summed E-state index contributed by atoms with van der Waals surface area (Å²) in [5.74, 6) is 0. The van der Waals surface area contributed by atoms with Crippen LogP contribution in [-0.4, -0.2) is 4.98 Å². The molecule has 0 radical (unpaired) electrons. The minimum atomic E-state index is 0.0641. The largest absolute Gasteiger partial charge is 0.322 e. The Morgan fingerprint density at radius 1 is 1.38 bits per heavy atom. The molecule has 4 heteroatoms. The van der Waals surface area contributed by atoms with Crippen molar-refractivity contribution in [2.75, 3.05) is 0 Å². The van der Waals surface area contributed by atoms with Gasteiger partial charge in [0, 0.05) is 15.4 Å². The summed E-state index contributed by atoms with van der Waals surface area (Å²) in [6.07, 6.45) is 0.924. The number of benzene rings is 1. The number of hydrogen-bond acceptors (Lipinski definition) is 3. The van der Waals surface area contributed by atoms with E-state index in [-0.39, 0.29) is 6.04 Å². The summed E-state index contributed by atoms with van der Waals surface area (Å²) in [4.78, 5) is 4.56. The van der Waals surface area contributed by atoms with Gasteiger partial charge in [-0.1, -0.05) is 35.0 Å². The highest BCUT2D eigenvalue weighted by atomic mass is 79.9. The Balaban J connectivity index is 2.28. The van der Waals surface area contributed by atoms with Gasteiger partial charge in [0.05, 0.1) is 11.7 Å². The second-order valence-electron chi connectivity index (χ2n) is 3.59. The number of thiazole rings is 1. The maximum Gasteiger partial charge on any atom is 0.110 e. The van der Waals surface area contributed by atoms with Gasteiger partial charge in [0.2, 0.25) is 0 Å². The third-order valence-corrected chi connectivity index (χ3v) is 3.92. The van der Waals surface area contributed by atoms with Crippen molar-refractivity contribution in [3.8, 4) is 11.3 Å². The smallest absolute Gasteiger partial charge is 0.110 e. The number of aromatic nitrogens is 1. The number of hydrogen-bond donors (Lipinski definition) is 1. The normalized spacial score (nSPS) is 12.7. The fraction of sp³-hybridized carbons (Fsp3) is 0.250. The second-order valence-corrected chi connectivity index (χ2v) is 5.40. The molecule has 0 aliphatic heterocycles. The zero-order chi connectivity index (χ0) is 11.5. The molecule has 1 unspecified atom stereocenters. The molecule has 84 valence electrons.